The van der Waals surface area contributed by atoms with E-state index in [9.17, 15) is 4.39 Å². The van der Waals surface area contributed by atoms with Crippen LogP contribution in [-0.2, 0) is 4.74 Å². The Labute approximate surface area is 109 Å². The van der Waals surface area contributed by atoms with Gasteiger partial charge in [0.1, 0.15) is 5.82 Å². The molecule has 0 radical (unpaired) electrons. The highest BCUT2D eigenvalue weighted by Gasteiger charge is 2.20. The summed E-state index contributed by atoms with van der Waals surface area (Å²) in [7, 11) is 0. The van der Waals surface area contributed by atoms with Gasteiger partial charge in [0, 0.05) is 31.3 Å². The summed E-state index contributed by atoms with van der Waals surface area (Å²) < 4.78 is 19.1. The van der Waals surface area contributed by atoms with Crippen molar-refractivity contribution >= 4 is 0 Å². The Balaban J connectivity index is 2.76. The van der Waals surface area contributed by atoms with Crippen LogP contribution < -0.4 is 5.73 Å². The van der Waals surface area contributed by atoms with Gasteiger partial charge >= 0.3 is 0 Å². The van der Waals surface area contributed by atoms with Gasteiger partial charge in [-0.1, -0.05) is 25.1 Å². The first kappa shape index (κ1) is 15.1. The summed E-state index contributed by atoms with van der Waals surface area (Å²) in [6.45, 7) is 7.35. The molecule has 2 N–H and O–H groups in total. The second-order valence-electron chi connectivity index (χ2n) is 4.10. The molecular formula is C14H23FN2O. The van der Waals surface area contributed by atoms with Gasteiger partial charge in [-0.25, -0.2) is 4.39 Å². The number of ether oxygens (including phenoxy) is 1. The van der Waals surface area contributed by atoms with E-state index in [1.807, 2.05) is 13.0 Å². The van der Waals surface area contributed by atoms with Crippen molar-refractivity contribution in [1.82, 2.24) is 4.90 Å². The molecule has 1 aromatic rings. The van der Waals surface area contributed by atoms with Crippen molar-refractivity contribution in [3.05, 3.63) is 35.6 Å². The van der Waals surface area contributed by atoms with Crippen LogP contribution in [0, 0.1) is 5.82 Å². The van der Waals surface area contributed by atoms with E-state index in [0.29, 0.717) is 25.3 Å². The van der Waals surface area contributed by atoms with Gasteiger partial charge in [-0.3, -0.25) is 4.90 Å². The normalized spacial score (nSPS) is 12.9. The van der Waals surface area contributed by atoms with E-state index in [-0.39, 0.29) is 11.9 Å². The van der Waals surface area contributed by atoms with Crippen molar-refractivity contribution in [1.29, 1.82) is 0 Å². The van der Waals surface area contributed by atoms with Crippen LogP contribution in [0.25, 0.3) is 0 Å². The van der Waals surface area contributed by atoms with Crippen molar-refractivity contribution in [2.75, 3.05) is 32.8 Å². The molecule has 18 heavy (non-hydrogen) atoms. The number of rotatable bonds is 8. The fraction of sp³-hybridized carbons (Fsp3) is 0.571. The minimum atomic E-state index is -0.192. The zero-order valence-corrected chi connectivity index (χ0v) is 11.2. The Morgan fingerprint density at radius 1 is 1.33 bits per heavy atom. The van der Waals surface area contributed by atoms with Crippen molar-refractivity contribution in [2.24, 2.45) is 5.73 Å². The Morgan fingerprint density at radius 2 is 2.06 bits per heavy atom. The molecule has 102 valence electrons. The number of benzene rings is 1. The van der Waals surface area contributed by atoms with Gasteiger partial charge in [-0.15, -0.1) is 0 Å². The maximum atomic E-state index is 13.8. The Morgan fingerprint density at radius 3 is 2.61 bits per heavy atom. The van der Waals surface area contributed by atoms with Crippen LogP contribution in [0.3, 0.4) is 0 Å². The molecule has 1 aromatic carbocycles. The Bertz CT molecular complexity index is 346. The molecule has 0 spiro atoms. The van der Waals surface area contributed by atoms with Gasteiger partial charge in [-0.2, -0.15) is 0 Å². The van der Waals surface area contributed by atoms with Crippen molar-refractivity contribution in [3.63, 3.8) is 0 Å². The molecule has 1 rings (SSSR count). The zero-order valence-electron chi connectivity index (χ0n) is 11.2. The third-order valence-corrected chi connectivity index (χ3v) is 3.06. The van der Waals surface area contributed by atoms with E-state index in [1.165, 1.54) is 6.07 Å². The topological polar surface area (TPSA) is 38.5 Å². The molecule has 0 amide bonds. The molecule has 0 aliphatic carbocycles. The summed E-state index contributed by atoms with van der Waals surface area (Å²) >= 11 is 0. The van der Waals surface area contributed by atoms with Crippen LogP contribution >= 0.6 is 0 Å². The molecule has 0 aliphatic rings. The number of hydrogen-bond donors (Lipinski definition) is 1. The summed E-state index contributed by atoms with van der Waals surface area (Å²) in [6, 6.07) is 6.74. The largest absolute Gasteiger partial charge is 0.380 e. The number of hydrogen-bond acceptors (Lipinski definition) is 3. The highest BCUT2D eigenvalue weighted by molar-refractivity contribution is 5.21. The lowest BCUT2D eigenvalue weighted by Gasteiger charge is -2.30. The monoisotopic (exact) mass is 254 g/mol. The maximum absolute atomic E-state index is 13.8. The smallest absolute Gasteiger partial charge is 0.128 e. The standard InChI is InChI=1S/C14H23FN2O/c1-3-17(9-10-18-4-2)14(11-16)12-7-5-6-8-13(12)15/h5-8,14H,3-4,9-11,16H2,1-2H3. The summed E-state index contributed by atoms with van der Waals surface area (Å²) in [6.07, 6.45) is 0. The molecule has 1 atom stereocenters. The van der Waals surface area contributed by atoms with Gasteiger partial charge in [0.05, 0.1) is 6.61 Å². The lowest BCUT2D eigenvalue weighted by molar-refractivity contribution is 0.0972. The van der Waals surface area contributed by atoms with Gasteiger partial charge in [0.2, 0.25) is 0 Å². The molecule has 0 saturated heterocycles. The van der Waals surface area contributed by atoms with Crippen LogP contribution in [0.2, 0.25) is 0 Å². The third kappa shape index (κ3) is 4.05. The average Bonchev–Trinajstić information content (AvgIpc) is 2.39. The van der Waals surface area contributed by atoms with E-state index < -0.39 is 0 Å². The molecule has 0 aromatic heterocycles. The predicted molar refractivity (Wildman–Crippen MR) is 71.9 cm³/mol. The van der Waals surface area contributed by atoms with Crippen LogP contribution in [0.5, 0.6) is 0 Å². The first-order valence-corrected chi connectivity index (χ1v) is 6.50. The van der Waals surface area contributed by atoms with Crippen molar-refractivity contribution < 1.29 is 9.13 Å². The summed E-state index contributed by atoms with van der Waals surface area (Å²) in [5.74, 6) is -0.192. The number of nitrogens with two attached hydrogens (primary N) is 1. The van der Waals surface area contributed by atoms with E-state index >= 15 is 0 Å². The lowest BCUT2D eigenvalue weighted by atomic mass is 10.0. The molecule has 0 heterocycles. The minimum absolute atomic E-state index is 0.0864. The molecule has 1 unspecified atom stereocenters. The first-order valence-electron chi connectivity index (χ1n) is 6.50. The van der Waals surface area contributed by atoms with E-state index in [2.05, 4.69) is 11.8 Å². The van der Waals surface area contributed by atoms with Crippen LogP contribution in [0.15, 0.2) is 24.3 Å². The fourth-order valence-electron chi connectivity index (χ4n) is 2.08. The molecule has 0 saturated carbocycles. The minimum Gasteiger partial charge on any atom is -0.380 e. The van der Waals surface area contributed by atoms with Crippen molar-refractivity contribution in [2.45, 2.75) is 19.9 Å². The van der Waals surface area contributed by atoms with Gasteiger partial charge in [0.25, 0.3) is 0 Å². The fourth-order valence-corrected chi connectivity index (χ4v) is 2.08. The second kappa shape index (κ2) is 8.19. The van der Waals surface area contributed by atoms with Crippen LogP contribution in [-0.4, -0.2) is 37.7 Å². The Kier molecular flexibility index (Phi) is 6.86. The molecule has 0 aliphatic heterocycles. The Hall–Kier alpha value is -0.970. The number of halogens is 1. The summed E-state index contributed by atoms with van der Waals surface area (Å²) in [5, 5.41) is 0. The van der Waals surface area contributed by atoms with Gasteiger partial charge in [0.15, 0.2) is 0 Å². The highest BCUT2D eigenvalue weighted by atomic mass is 19.1. The average molecular weight is 254 g/mol. The van der Waals surface area contributed by atoms with Crippen LogP contribution in [0.1, 0.15) is 25.5 Å². The summed E-state index contributed by atoms with van der Waals surface area (Å²) in [4.78, 5) is 2.15. The molecule has 4 heteroatoms. The maximum Gasteiger partial charge on any atom is 0.128 e. The van der Waals surface area contributed by atoms with E-state index in [4.69, 9.17) is 10.5 Å². The number of nitrogens with zero attached hydrogens (tertiary/aromatic N) is 1. The third-order valence-electron chi connectivity index (χ3n) is 3.06. The van der Waals surface area contributed by atoms with E-state index in [0.717, 1.165) is 13.1 Å². The van der Waals surface area contributed by atoms with Gasteiger partial charge in [-0.05, 0) is 19.5 Å². The second-order valence-corrected chi connectivity index (χ2v) is 4.10. The SMILES string of the molecule is CCOCCN(CC)C(CN)c1ccccc1F. The molecule has 0 fully saturated rings. The number of likely N-dealkylation sites (N-methyl/N-ethyl adjacent to an activating group) is 1. The van der Waals surface area contributed by atoms with Crippen LogP contribution in [0.4, 0.5) is 4.39 Å². The zero-order chi connectivity index (χ0) is 13.4. The highest BCUT2D eigenvalue weighted by Crippen LogP contribution is 2.21. The summed E-state index contributed by atoms with van der Waals surface area (Å²) in [5.41, 5.74) is 6.47. The predicted octanol–water partition coefficient (Wildman–Crippen LogP) is 2.18. The lowest BCUT2D eigenvalue weighted by Crippen LogP contribution is -2.36. The first-order chi connectivity index (χ1) is 8.74. The quantitative estimate of drug-likeness (QED) is 0.723. The molecular weight excluding hydrogens is 231 g/mol. The molecule has 0 bridgehead atoms. The van der Waals surface area contributed by atoms with Gasteiger partial charge < -0.3 is 10.5 Å². The van der Waals surface area contributed by atoms with Crippen molar-refractivity contribution in [3.8, 4) is 0 Å². The molecule has 3 nitrogen and oxygen atoms in total. The van der Waals surface area contributed by atoms with E-state index in [1.54, 1.807) is 12.1 Å².